The summed E-state index contributed by atoms with van der Waals surface area (Å²) in [5.41, 5.74) is 3.66. The summed E-state index contributed by atoms with van der Waals surface area (Å²) in [6.07, 6.45) is 2.33. The Labute approximate surface area is 133 Å². The topological polar surface area (TPSA) is 37.5 Å². The van der Waals surface area contributed by atoms with Crippen LogP contribution in [0, 0.1) is 5.82 Å². The molecule has 4 rings (SSSR count). The summed E-state index contributed by atoms with van der Waals surface area (Å²) >= 11 is 0. The Hall–Kier alpha value is -2.88. The van der Waals surface area contributed by atoms with Gasteiger partial charge in [0.05, 0.1) is 29.4 Å². The third-order valence-electron chi connectivity index (χ3n) is 3.95. The highest BCUT2D eigenvalue weighted by Gasteiger charge is 2.22. The van der Waals surface area contributed by atoms with Crippen molar-refractivity contribution in [3.05, 3.63) is 84.1 Å². The van der Waals surface area contributed by atoms with E-state index in [1.54, 1.807) is 18.4 Å². The van der Waals surface area contributed by atoms with E-state index in [2.05, 4.69) is 5.32 Å². The summed E-state index contributed by atoms with van der Waals surface area (Å²) in [7, 11) is 0. The quantitative estimate of drug-likeness (QED) is 0.715. The molecule has 0 saturated carbocycles. The second kappa shape index (κ2) is 5.72. The van der Waals surface area contributed by atoms with E-state index in [4.69, 9.17) is 9.41 Å². The number of hydrogen-bond donors (Lipinski definition) is 1. The molecule has 1 aliphatic rings. The van der Waals surface area contributed by atoms with Crippen LogP contribution >= 0.6 is 0 Å². The predicted molar refractivity (Wildman–Crippen MR) is 88.7 cm³/mol. The highest BCUT2D eigenvalue weighted by Crippen LogP contribution is 2.35. The maximum atomic E-state index is 13.2. The number of furan rings is 1. The minimum absolute atomic E-state index is 0.0162. The molecule has 2 aromatic carbocycles. The van der Waals surface area contributed by atoms with Gasteiger partial charge in [0.25, 0.3) is 0 Å². The van der Waals surface area contributed by atoms with Gasteiger partial charge in [-0.3, -0.25) is 4.99 Å². The maximum absolute atomic E-state index is 13.2. The first-order chi connectivity index (χ1) is 11.3. The highest BCUT2D eigenvalue weighted by atomic mass is 19.1. The third kappa shape index (κ3) is 2.75. The standard InChI is InChI=1S/C19H15FN2O/c20-14-9-7-13(8-10-14)17-12-18(19-6-3-11-23-19)22-16-5-2-1-4-15(16)21-17/h1-11,18,22H,12H2. The van der Waals surface area contributed by atoms with Gasteiger partial charge in [-0.1, -0.05) is 24.3 Å². The Bertz CT molecular complexity index is 838. The van der Waals surface area contributed by atoms with Crippen LogP contribution < -0.4 is 5.32 Å². The van der Waals surface area contributed by atoms with E-state index >= 15 is 0 Å². The molecule has 0 bridgehead atoms. The molecule has 1 N–H and O–H groups in total. The average molecular weight is 306 g/mol. The fraction of sp³-hybridized carbons (Fsp3) is 0.105. The van der Waals surface area contributed by atoms with Crippen LogP contribution in [0.25, 0.3) is 0 Å². The number of nitrogens with zero attached hydrogens (tertiary/aromatic N) is 1. The van der Waals surface area contributed by atoms with Crippen LogP contribution in [-0.4, -0.2) is 5.71 Å². The largest absolute Gasteiger partial charge is 0.467 e. The Morgan fingerprint density at radius 3 is 2.61 bits per heavy atom. The van der Waals surface area contributed by atoms with Gasteiger partial charge in [-0.05, 0) is 42.0 Å². The number of aliphatic imine (C=N–C) groups is 1. The number of benzene rings is 2. The Morgan fingerprint density at radius 1 is 1.00 bits per heavy atom. The van der Waals surface area contributed by atoms with Crippen LogP contribution in [0.5, 0.6) is 0 Å². The van der Waals surface area contributed by atoms with Gasteiger partial charge in [0.1, 0.15) is 11.6 Å². The lowest BCUT2D eigenvalue weighted by atomic mass is 10.0. The molecule has 4 heteroatoms. The van der Waals surface area contributed by atoms with Gasteiger partial charge in [0.2, 0.25) is 0 Å². The molecule has 0 spiro atoms. The summed E-state index contributed by atoms with van der Waals surface area (Å²) < 4.78 is 18.8. The molecule has 114 valence electrons. The van der Waals surface area contributed by atoms with Crippen LogP contribution in [0.4, 0.5) is 15.8 Å². The van der Waals surface area contributed by atoms with Crippen LogP contribution in [0.15, 0.2) is 76.3 Å². The molecule has 0 saturated heterocycles. The van der Waals surface area contributed by atoms with E-state index in [0.29, 0.717) is 6.42 Å². The summed E-state index contributed by atoms with van der Waals surface area (Å²) in [6, 6.07) is 18.2. The lowest BCUT2D eigenvalue weighted by Crippen LogP contribution is -2.13. The van der Waals surface area contributed by atoms with Crippen molar-refractivity contribution >= 4 is 17.1 Å². The number of hydrogen-bond acceptors (Lipinski definition) is 3. The average Bonchev–Trinajstić information content (AvgIpc) is 3.03. The fourth-order valence-electron chi connectivity index (χ4n) is 2.80. The van der Waals surface area contributed by atoms with Gasteiger partial charge in [0, 0.05) is 6.42 Å². The first kappa shape index (κ1) is 13.8. The zero-order valence-electron chi connectivity index (χ0n) is 12.4. The van der Waals surface area contributed by atoms with Gasteiger partial charge in [-0.15, -0.1) is 0 Å². The SMILES string of the molecule is Fc1ccc(C2=Nc3ccccc3NC(c3ccco3)C2)cc1. The lowest BCUT2D eigenvalue weighted by Gasteiger charge is -2.16. The van der Waals surface area contributed by atoms with E-state index in [1.807, 2.05) is 36.4 Å². The van der Waals surface area contributed by atoms with Gasteiger partial charge in [0.15, 0.2) is 0 Å². The van der Waals surface area contributed by atoms with Crippen LogP contribution in [-0.2, 0) is 0 Å². The molecule has 0 aliphatic carbocycles. The maximum Gasteiger partial charge on any atom is 0.126 e. The molecule has 1 unspecified atom stereocenters. The molecule has 0 radical (unpaired) electrons. The van der Waals surface area contributed by atoms with Crippen molar-refractivity contribution in [1.29, 1.82) is 0 Å². The van der Waals surface area contributed by atoms with Crippen molar-refractivity contribution < 1.29 is 8.81 Å². The van der Waals surface area contributed by atoms with Crippen molar-refractivity contribution in [2.75, 3.05) is 5.32 Å². The molecular weight excluding hydrogens is 291 g/mol. The van der Waals surface area contributed by atoms with Crippen molar-refractivity contribution in [2.24, 2.45) is 4.99 Å². The summed E-state index contributed by atoms with van der Waals surface area (Å²) in [5.74, 6) is 0.612. The Balaban J connectivity index is 1.80. The Morgan fingerprint density at radius 2 is 1.83 bits per heavy atom. The van der Waals surface area contributed by atoms with Crippen LogP contribution in [0.3, 0.4) is 0 Å². The molecule has 2 heterocycles. The lowest BCUT2D eigenvalue weighted by molar-refractivity contribution is 0.484. The number of anilines is 1. The summed E-state index contributed by atoms with van der Waals surface area (Å²) in [5, 5.41) is 3.49. The minimum atomic E-state index is -0.246. The molecule has 3 aromatic rings. The normalized spacial score (nSPS) is 16.9. The number of fused-ring (bicyclic) bond motifs is 1. The van der Waals surface area contributed by atoms with Crippen LogP contribution in [0.2, 0.25) is 0 Å². The van der Waals surface area contributed by atoms with Gasteiger partial charge < -0.3 is 9.73 Å². The van der Waals surface area contributed by atoms with E-state index in [9.17, 15) is 4.39 Å². The van der Waals surface area contributed by atoms with E-state index < -0.39 is 0 Å². The van der Waals surface area contributed by atoms with Gasteiger partial charge in [-0.25, -0.2) is 4.39 Å². The highest BCUT2D eigenvalue weighted by molar-refractivity contribution is 6.04. The zero-order valence-corrected chi connectivity index (χ0v) is 12.4. The van der Waals surface area contributed by atoms with E-state index in [1.165, 1.54) is 12.1 Å². The molecule has 0 fully saturated rings. The molecule has 23 heavy (non-hydrogen) atoms. The monoisotopic (exact) mass is 306 g/mol. The third-order valence-corrected chi connectivity index (χ3v) is 3.95. The van der Waals surface area contributed by atoms with Crippen molar-refractivity contribution in [2.45, 2.75) is 12.5 Å². The minimum Gasteiger partial charge on any atom is -0.467 e. The first-order valence-corrected chi connectivity index (χ1v) is 7.52. The number of nitrogens with one attached hydrogen (secondary N) is 1. The van der Waals surface area contributed by atoms with Crippen molar-refractivity contribution in [3.63, 3.8) is 0 Å². The summed E-state index contributed by atoms with van der Waals surface area (Å²) in [6.45, 7) is 0. The fourth-order valence-corrected chi connectivity index (χ4v) is 2.80. The van der Waals surface area contributed by atoms with Crippen LogP contribution in [0.1, 0.15) is 23.8 Å². The number of halogens is 1. The molecular formula is C19H15FN2O. The van der Waals surface area contributed by atoms with Crippen molar-refractivity contribution in [3.8, 4) is 0 Å². The van der Waals surface area contributed by atoms with Crippen molar-refractivity contribution in [1.82, 2.24) is 0 Å². The number of rotatable bonds is 2. The molecule has 3 nitrogen and oxygen atoms in total. The molecule has 1 atom stereocenters. The summed E-state index contributed by atoms with van der Waals surface area (Å²) in [4.78, 5) is 4.79. The molecule has 1 aromatic heterocycles. The van der Waals surface area contributed by atoms with E-state index in [-0.39, 0.29) is 11.9 Å². The Kier molecular flexibility index (Phi) is 3.42. The second-order valence-electron chi connectivity index (χ2n) is 5.50. The first-order valence-electron chi connectivity index (χ1n) is 7.52. The molecule has 0 amide bonds. The molecule has 1 aliphatic heterocycles. The van der Waals surface area contributed by atoms with Gasteiger partial charge >= 0.3 is 0 Å². The predicted octanol–water partition coefficient (Wildman–Crippen LogP) is 5.10. The van der Waals surface area contributed by atoms with Gasteiger partial charge in [-0.2, -0.15) is 0 Å². The van der Waals surface area contributed by atoms with E-state index in [0.717, 1.165) is 28.4 Å². The second-order valence-corrected chi connectivity index (χ2v) is 5.50. The smallest absolute Gasteiger partial charge is 0.126 e. The number of para-hydroxylation sites is 2. The zero-order chi connectivity index (χ0) is 15.6.